The first-order valence-corrected chi connectivity index (χ1v) is 9.50. The lowest BCUT2D eigenvalue weighted by Crippen LogP contribution is -2.42. The van der Waals surface area contributed by atoms with E-state index in [2.05, 4.69) is 19.2 Å². The maximum absolute atomic E-state index is 12.1. The highest BCUT2D eigenvalue weighted by Gasteiger charge is 2.23. The van der Waals surface area contributed by atoms with E-state index in [0.717, 1.165) is 42.2 Å². The maximum atomic E-state index is 12.1. The molecule has 140 valence electrons. The van der Waals surface area contributed by atoms with E-state index >= 15 is 0 Å². The summed E-state index contributed by atoms with van der Waals surface area (Å²) in [5.74, 6) is -0.158. The number of amides is 1. The standard InChI is InChI=1S/C21H27NO4/c1-3-15-8-9-17-16(12-25-19(17)10-15)11-21(24)26-13-20(23)22-18-7-5-4-6-14(18)2/h8-10,12,14,18H,3-7,11,13H2,1-2H3,(H,22,23)/t14-,18+/m1/s1. The topological polar surface area (TPSA) is 68.5 Å². The number of hydrogen-bond acceptors (Lipinski definition) is 4. The molecule has 0 spiro atoms. The summed E-state index contributed by atoms with van der Waals surface area (Å²) in [6.45, 7) is 4.02. The summed E-state index contributed by atoms with van der Waals surface area (Å²) in [5.41, 5.74) is 2.75. The van der Waals surface area contributed by atoms with Crippen molar-refractivity contribution in [2.24, 2.45) is 5.92 Å². The average Bonchev–Trinajstić information content (AvgIpc) is 3.04. The Hall–Kier alpha value is -2.30. The van der Waals surface area contributed by atoms with Crippen molar-refractivity contribution in [3.05, 3.63) is 35.6 Å². The highest BCUT2D eigenvalue weighted by Crippen LogP contribution is 2.24. The van der Waals surface area contributed by atoms with Crippen molar-refractivity contribution in [1.82, 2.24) is 5.32 Å². The second-order valence-electron chi connectivity index (χ2n) is 7.22. The van der Waals surface area contributed by atoms with Gasteiger partial charge in [0.25, 0.3) is 5.91 Å². The molecule has 1 heterocycles. The first kappa shape index (κ1) is 18.5. The zero-order valence-corrected chi connectivity index (χ0v) is 15.5. The van der Waals surface area contributed by atoms with Crippen molar-refractivity contribution in [2.45, 2.75) is 58.4 Å². The fourth-order valence-corrected chi connectivity index (χ4v) is 3.62. The maximum Gasteiger partial charge on any atom is 0.310 e. The zero-order valence-electron chi connectivity index (χ0n) is 15.5. The van der Waals surface area contributed by atoms with Crippen molar-refractivity contribution >= 4 is 22.8 Å². The van der Waals surface area contributed by atoms with Crippen LogP contribution < -0.4 is 5.32 Å². The van der Waals surface area contributed by atoms with E-state index < -0.39 is 5.97 Å². The lowest BCUT2D eigenvalue weighted by Gasteiger charge is -2.29. The molecule has 0 saturated heterocycles. The van der Waals surface area contributed by atoms with Crippen LogP contribution in [-0.4, -0.2) is 24.5 Å². The Morgan fingerprint density at radius 2 is 2.08 bits per heavy atom. The van der Waals surface area contributed by atoms with Crippen molar-refractivity contribution in [3.63, 3.8) is 0 Å². The summed E-state index contributed by atoms with van der Waals surface area (Å²) in [4.78, 5) is 24.1. The number of carbonyl (C=O) groups excluding carboxylic acids is 2. The molecule has 1 aliphatic carbocycles. The lowest BCUT2D eigenvalue weighted by atomic mass is 9.86. The van der Waals surface area contributed by atoms with E-state index in [4.69, 9.17) is 9.15 Å². The van der Waals surface area contributed by atoms with Crippen LogP contribution in [0.2, 0.25) is 0 Å². The van der Waals surface area contributed by atoms with Crippen LogP contribution in [0.25, 0.3) is 11.0 Å². The molecule has 1 fully saturated rings. The summed E-state index contributed by atoms with van der Waals surface area (Å²) < 4.78 is 10.7. The van der Waals surface area contributed by atoms with Crippen LogP contribution in [0.5, 0.6) is 0 Å². The summed E-state index contributed by atoms with van der Waals surface area (Å²) in [6, 6.07) is 6.19. The third-order valence-corrected chi connectivity index (χ3v) is 5.29. The number of hydrogen-bond donors (Lipinski definition) is 1. The van der Waals surface area contributed by atoms with Gasteiger partial charge in [-0.15, -0.1) is 0 Å². The quantitative estimate of drug-likeness (QED) is 0.799. The molecule has 1 aromatic carbocycles. The van der Waals surface area contributed by atoms with Gasteiger partial charge in [0, 0.05) is 17.0 Å². The molecule has 5 nitrogen and oxygen atoms in total. The Labute approximate surface area is 154 Å². The Morgan fingerprint density at radius 1 is 1.27 bits per heavy atom. The van der Waals surface area contributed by atoms with Gasteiger partial charge in [0.1, 0.15) is 5.58 Å². The highest BCUT2D eigenvalue weighted by atomic mass is 16.5. The number of furan rings is 1. The van der Waals surface area contributed by atoms with Gasteiger partial charge in [-0.1, -0.05) is 38.8 Å². The molecule has 2 atom stereocenters. The number of ether oxygens (including phenoxy) is 1. The fraction of sp³-hybridized carbons (Fsp3) is 0.524. The molecule has 1 aromatic heterocycles. The average molecular weight is 357 g/mol. The number of rotatable bonds is 6. The highest BCUT2D eigenvalue weighted by molar-refractivity contribution is 5.87. The molecule has 0 unspecified atom stereocenters. The molecule has 1 aliphatic rings. The molecule has 0 aliphatic heterocycles. The van der Waals surface area contributed by atoms with E-state index in [1.165, 1.54) is 12.0 Å². The van der Waals surface area contributed by atoms with Gasteiger partial charge < -0.3 is 14.5 Å². The van der Waals surface area contributed by atoms with E-state index in [9.17, 15) is 9.59 Å². The summed E-state index contributed by atoms with van der Waals surface area (Å²) in [6.07, 6.45) is 7.13. The Morgan fingerprint density at radius 3 is 2.85 bits per heavy atom. The van der Waals surface area contributed by atoms with Crippen molar-refractivity contribution in [2.75, 3.05) is 6.61 Å². The number of nitrogens with one attached hydrogen (secondary N) is 1. The number of esters is 1. The molecule has 0 bridgehead atoms. The number of carbonyl (C=O) groups is 2. The lowest BCUT2D eigenvalue weighted by molar-refractivity contribution is -0.148. The van der Waals surface area contributed by atoms with Gasteiger partial charge in [-0.2, -0.15) is 0 Å². The molecule has 2 aromatic rings. The largest absolute Gasteiger partial charge is 0.464 e. The van der Waals surface area contributed by atoms with Gasteiger partial charge in [0.15, 0.2) is 6.61 Å². The molecule has 26 heavy (non-hydrogen) atoms. The van der Waals surface area contributed by atoms with Gasteiger partial charge in [-0.25, -0.2) is 0 Å². The smallest absolute Gasteiger partial charge is 0.310 e. The second kappa shape index (κ2) is 8.39. The number of fused-ring (bicyclic) bond motifs is 1. The molecular weight excluding hydrogens is 330 g/mol. The van der Waals surface area contributed by atoms with Crippen molar-refractivity contribution < 1.29 is 18.7 Å². The van der Waals surface area contributed by atoms with Gasteiger partial charge in [0.2, 0.25) is 0 Å². The fourth-order valence-electron chi connectivity index (χ4n) is 3.62. The molecule has 1 amide bonds. The number of benzene rings is 1. The van der Waals surface area contributed by atoms with Crippen LogP contribution in [0.15, 0.2) is 28.9 Å². The van der Waals surface area contributed by atoms with Gasteiger partial charge in [-0.3, -0.25) is 9.59 Å². The predicted octanol–water partition coefficient (Wildman–Crippen LogP) is 3.78. The first-order valence-electron chi connectivity index (χ1n) is 9.50. The van der Waals surface area contributed by atoms with E-state index in [1.807, 2.05) is 18.2 Å². The summed E-state index contributed by atoms with van der Waals surface area (Å²) in [5, 5.41) is 3.91. The summed E-state index contributed by atoms with van der Waals surface area (Å²) >= 11 is 0. The Bertz CT molecular complexity index is 779. The second-order valence-corrected chi connectivity index (χ2v) is 7.22. The third-order valence-electron chi connectivity index (χ3n) is 5.29. The van der Waals surface area contributed by atoms with Gasteiger partial charge in [0.05, 0.1) is 12.7 Å². The van der Waals surface area contributed by atoms with E-state index in [1.54, 1.807) is 6.26 Å². The molecule has 0 radical (unpaired) electrons. The summed E-state index contributed by atoms with van der Waals surface area (Å²) in [7, 11) is 0. The molecule has 3 rings (SSSR count). The van der Waals surface area contributed by atoms with E-state index in [-0.39, 0.29) is 25.0 Å². The minimum absolute atomic E-state index is 0.103. The van der Waals surface area contributed by atoms with Gasteiger partial charge >= 0.3 is 5.97 Å². The molecule has 1 saturated carbocycles. The van der Waals surface area contributed by atoms with E-state index in [0.29, 0.717) is 5.92 Å². The van der Waals surface area contributed by atoms with Crippen molar-refractivity contribution in [3.8, 4) is 0 Å². The Kier molecular flexibility index (Phi) is 5.96. The first-order chi connectivity index (χ1) is 12.6. The van der Waals surface area contributed by atoms with Gasteiger partial charge in [-0.05, 0) is 36.8 Å². The molecule has 1 N–H and O–H groups in total. The van der Waals surface area contributed by atoms with Crippen LogP contribution in [0.1, 0.15) is 50.7 Å². The minimum atomic E-state index is -0.417. The van der Waals surface area contributed by atoms with Crippen LogP contribution >= 0.6 is 0 Å². The monoisotopic (exact) mass is 357 g/mol. The Balaban J connectivity index is 1.50. The predicted molar refractivity (Wildman–Crippen MR) is 99.8 cm³/mol. The zero-order chi connectivity index (χ0) is 18.5. The third kappa shape index (κ3) is 4.45. The molecular formula is C21H27NO4. The van der Waals surface area contributed by atoms with Crippen LogP contribution in [-0.2, 0) is 27.2 Å². The SMILES string of the molecule is CCc1ccc2c(CC(=O)OCC(=O)N[C@H]3CCCC[C@H]3C)coc2c1. The number of aryl methyl sites for hydroxylation is 1. The van der Waals surface area contributed by atoms with Crippen LogP contribution in [0.3, 0.4) is 0 Å². The van der Waals surface area contributed by atoms with Crippen molar-refractivity contribution in [1.29, 1.82) is 0 Å². The van der Waals surface area contributed by atoms with Crippen LogP contribution in [0, 0.1) is 5.92 Å². The molecule has 5 heteroatoms. The normalized spacial score (nSPS) is 20.1. The van der Waals surface area contributed by atoms with Crippen LogP contribution in [0.4, 0.5) is 0 Å². The minimum Gasteiger partial charge on any atom is -0.464 e.